The van der Waals surface area contributed by atoms with Gasteiger partial charge in [0, 0.05) is 16.3 Å². The maximum absolute atomic E-state index is 14.0. The summed E-state index contributed by atoms with van der Waals surface area (Å²) in [6.07, 6.45) is 0.224. The van der Waals surface area contributed by atoms with Crippen LogP contribution >= 0.6 is 11.6 Å². The molecule has 3 aliphatic rings. The molecule has 2 fully saturated rings. The number of hydrogen-bond donors (Lipinski definition) is 3. The molecule has 10 heteroatoms. The first-order chi connectivity index (χ1) is 19.4. The third-order valence-corrected chi connectivity index (χ3v) is 9.26. The SMILES string of the molecule is CN(C)C1C(=O)C(C(N)=O)C(=O)C2(O)C(=O)C3C(=O)c4c(cc5ccc(-c6cccc(Cl)c6)cc5c4O)CC3CC12. The highest BCUT2D eigenvalue weighted by molar-refractivity contribution is 6.32. The van der Waals surface area contributed by atoms with Gasteiger partial charge in [0.05, 0.1) is 17.5 Å². The molecule has 2 saturated carbocycles. The van der Waals surface area contributed by atoms with E-state index in [2.05, 4.69) is 0 Å². The second-order valence-corrected chi connectivity index (χ2v) is 11.9. The van der Waals surface area contributed by atoms with E-state index in [1.165, 1.54) is 4.90 Å². The maximum Gasteiger partial charge on any atom is 0.235 e. The first-order valence-electron chi connectivity index (χ1n) is 13.3. The summed E-state index contributed by atoms with van der Waals surface area (Å²) >= 11 is 6.15. The number of phenols is 1. The number of nitrogens with zero attached hydrogens (tertiary/aromatic N) is 1. The number of phenolic OH excluding ortho intramolecular Hbond substituents is 1. The van der Waals surface area contributed by atoms with E-state index in [1.807, 2.05) is 18.2 Å². The van der Waals surface area contributed by atoms with Gasteiger partial charge in [0.1, 0.15) is 5.75 Å². The molecule has 0 aliphatic heterocycles. The lowest BCUT2D eigenvalue weighted by atomic mass is 9.52. The Morgan fingerprint density at radius 3 is 2.39 bits per heavy atom. The van der Waals surface area contributed by atoms with Crippen LogP contribution in [-0.4, -0.2) is 69.9 Å². The van der Waals surface area contributed by atoms with Crippen LogP contribution in [0.4, 0.5) is 0 Å². The summed E-state index contributed by atoms with van der Waals surface area (Å²) in [6, 6.07) is 13.3. The van der Waals surface area contributed by atoms with E-state index in [4.69, 9.17) is 17.3 Å². The van der Waals surface area contributed by atoms with Crippen LogP contribution in [0.3, 0.4) is 0 Å². The number of aromatic hydroxyl groups is 1. The van der Waals surface area contributed by atoms with Crippen LogP contribution in [0, 0.1) is 23.7 Å². The van der Waals surface area contributed by atoms with Crippen LogP contribution in [0.25, 0.3) is 21.9 Å². The van der Waals surface area contributed by atoms with E-state index in [0.29, 0.717) is 21.4 Å². The molecule has 6 rings (SSSR count). The van der Waals surface area contributed by atoms with Gasteiger partial charge in [0.2, 0.25) is 5.91 Å². The molecule has 1 amide bonds. The summed E-state index contributed by atoms with van der Waals surface area (Å²) in [5.74, 6) is -10.6. The molecule has 210 valence electrons. The molecule has 3 aliphatic carbocycles. The van der Waals surface area contributed by atoms with Crippen LogP contribution in [0.15, 0.2) is 48.5 Å². The third-order valence-electron chi connectivity index (χ3n) is 9.02. The van der Waals surface area contributed by atoms with E-state index in [0.717, 1.165) is 11.1 Å². The molecule has 0 bridgehead atoms. The number of ketones is 4. The number of fused-ring (bicyclic) bond motifs is 4. The lowest BCUT2D eigenvalue weighted by Crippen LogP contribution is -2.74. The summed E-state index contributed by atoms with van der Waals surface area (Å²) < 4.78 is 0. The zero-order valence-corrected chi connectivity index (χ0v) is 23.0. The Balaban J connectivity index is 1.47. The maximum atomic E-state index is 14.0. The zero-order valence-electron chi connectivity index (χ0n) is 22.3. The number of halogens is 1. The molecule has 0 spiro atoms. The fourth-order valence-corrected chi connectivity index (χ4v) is 7.41. The average Bonchev–Trinajstić information content (AvgIpc) is 2.90. The third kappa shape index (κ3) is 3.80. The number of carbonyl (C=O) groups is 5. The van der Waals surface area contributed by atoms with Crippen LogP contribution in [0.2, 0.25) is 5.02 Å². The number of benzene rings is 3. The molecule has 9 nitrogen and oxygen atoms in total. The van der Waals surface area contributed by atoms with Crippen molar-refractivity contribution in [2.75, 3.05) is 14.1 Å². The molecule has 4 N–H and O–H groups in total. The topological polar surface area (TPSA) is 155 Å². The van der Waals surface area contributed by atoms with Gasteiger partial charge in [-0.25, -0.2) is 0 Å². The molecule has 6 unspecified atom stereocenters. The molecule has 0 aromatic heterocycles. The fourth-order valence-electron chi connectivity index (χ4n) is 7.22. The fraction of sp³-hybridized carbons (Fsp3) is 0.323. The van der Waals surface area contributed by atoms with E-state index < -0.39 is 64.4 Å². The largest absolute Gasteiger partial charge is 0.507 e. The van der Waals surface area contributed by atoms with Gasteiger partial charge in [-0.3, -0.25) is 28.9 Å². The van der Waals surface area contributed by atoms with Gasteiger partial charge >= 0.3 is 0 Å². The number of carbonyl (C=O) groups excluding carboxylic acids is 5. The van der Waals surface area contributed by atoms with Gasteiger partial charge in [0.25, 0.3) is 0 Å². The molecule has 0 radical (unpaired) electrons. The molecule has 41 heavy (non-hydrogen) atoms. The lowest BCUT2D eigenvalue weighted by Gasteiger charge is -2.52. The minimum atomic E-state index is -2.75. The second kappa shape index (κ2) is 9.30. The number of rotatable bonds is 3. The summed E-state index contributed by atoms with van der Waals surface area (Å²) in [4.78, 5) is 68.1. The van der Waals surface area contributed by atoms with E-state index in [1.54, 1.807) is 44.4 Å². The average molecular weight is 575 g/mol. The van der Waals surface area contributed by atoms with Crippen molar-refractivity contribution in [2.24, 2.45) is 29.4 Å². The summed E-state index contributed by atoms with van der Waals surface area (Å²) in [5, 5.41) is 24.7. The molecule has 3 aromatic rings. The molecule has 6 atom stereocenters. The molecular formula is C31H27ClN2O7. The van der Waals surface area contributed by atoms with Crippen LogP contribution in [0.1, 0.15) is 22.3 Å². The Bertz CT molecular complexity index is 1720. The van der Waals surface area contributed by atoms with Crippen molar-refractivity contribution in [1.29, 1.82) is 0 Å². The van der Waals surface area contributed by atoms with Gasteiger partial charge < -0.3 is 15.9 Å². The first kappa shape index (κ1) is 27.3. The quantitative estimate of drug-likeness (QED) is 0.403. The van der Waals surface area contributed by atoms with Gasteiger partial charge in [-0.2, -0.15) is 0 Å². The Labute approximate surface area is 239 Å². The Hall–Kier alpha value is -3.92. The first-order valence-corrected chi connectivity index (χ1v) is 13.6. The van der Waals surface area contributed by atoms with Gasteiger partial charge in [-0.05, 0) is 73.1 Å². The van der Waals surface area contributed by atoms with Crippen LogP contribution in [0.5, 0.6) is 5.75 Å². The van der Waals surface area contributed by atoms with Crippen LogP contribution in [-0.2, 0) is 25.6 Å². The van der Waals surface area contributed by atoms with Crippen LogP contribution < -0.4 is 5.73 Å². The number of amides is 1. The molecule has 0 saturated heterocycles. The number of nitrogens with two attached hydrogens (primary N) is 1. The minimum Gasteiger partial charge on any atom is -0.507 e. The van der Waals surface area contributed by atoms with E-state index >= 15 is 0 Å². The van der Waals surface area contributed by atoms with Gasteiger partial charge in [0.15, 0.2) is 34.7 Å². The monoisotopic (exact) mass is 574 g/mol. The summed E-state index contributed by atoms with van der Waals surface area (Å²) in [5.41, 5.74) is 4.69. The Morgan fingerprint density at radius 1 is 1.02 bits per heavy atom. The van der Waals surface area contributed by atoms with Crippen molar-refractivity contribution in [3.8, 4) is 16.9 Å². The molecule has 3 aromatic carbocycles. The predicted octanol–water partition coefficient (Wildman–Crippen LogP) is 2.34. The van der Waals surface area contributed by atoms with E-state index in [9.17, 15) is 34.2 Å². The number of aliphatic hydroxyl groups is 1. The molecule has 0 heterocycles. The lowest BCUT2D eigenvalue weighted by molar-refractivity contribution is -0.181. The van der Waals surface area contributed by atoms with Crippen molar-refractivity contribution >= 4 is 51.4 Å². The van der Waals surface area contributed by atoms with E-state index in [-0.39, 0.29) is 24.2 Å². The summed E-state index contributed by atoms with van der Waals surface area (Å²) in [7, 11) is 3.10. The Morgan fingerprint density at radius 2 is 1.73 bits per heavy atom. The number of primary amides is 1. The number of likely N-dealkylation sites (N-methyl/N-ethyl adjacent to an activating group) is 1. The highest BCUT2D eigenvalue weighted by atomic mass is 35.5. The molecular weight excluding hydrogens is 548 g/mol. The predicted molar refractivity (Wildman–Crippen MR) is 149 cm³/mol. The van der Waals surface area contributed by atoms with Gasteiger partial charge in [-0.1, -0.05) is 41.9 Å². The zero-order chi connectivity index (χ0) is 29.5. The highest BCUT2D eigenvalue weighted by Crippen LogP contribution is 2.51. The summed E-state index contributed by atoms with van der Waals surface area (Å²) in [6.45, 7) is 0. The highest BCUT2D eigenvalue weighted by Gasteiger charge is 2.69. The normalized spacial score (nSPS) is 29.3. The van der Waals surface area contributed by atoms with Crippen molar-refractivity contribution in [3.63, 3.8) is 0 Å². The van der Waals surface area contributed by atoms with Crippen molar-refractivity contribution in [2.45, 2.75) is 24.5 Å². The standard InChI is InChI=1S/C31H27ClN2O7/c1-34(2)24-20-12-17-9-16-8-15-7-6-14(13-4-3-5-18(32)10-13)11-19(15)25(35)21(16)26(36)22(17)28(38)31(20,41)29(39)23(27(24)37)30(33)40/h3-8,10-11,17,20,22-24,35,41H,9,12H2,1-2H3,(H2,33,40). The number of Topliss-reactive ketones (excluding diaryl/α,β-unsaturated/α-hetero) is 4. The van der Waals surface area contributed by atoms with Gasteiger partial charge in [-0.15, -0.1) is 0 Å². The van der Waals surface area contributed by atoms with Crippen molar-refractivity contribution in [3.05, 3.63) is 64.7 Å². The van der Waals surface area contributed by atoms with Crippen molar-refractivity contribution < 1.29 is 34.2 Å². The smallest absolute Gasteiger partial charge is 0.235 e. The Kier molecular flexibility index (Phi) is 6.19. The number of hydrogen-bond acceptors (Lipinski definition) is 8. The van der Waals surface area contributed by atoms with Crippen molar-refractivity contribution in [1.82, 2.24) is 4.90 Å². The minimum absolute atomic E-state index is 0.0103. The second-order valence-electron chi connectivity index (χ2n) is 11.5.